The van der Waals surface area contributed by atoms with Crippen LogP contribution < -0.4 is 19.6 Å². The van der Waals surface area contributed by atoms with Gasteiger partial charge in [-0.1, -0.05) is 65.4 Å². The zero-order valence-electron chi connectivity index (χ0n) is 21.5. The predicted molar refractivity (Wildman–Crippen MR) is 164 cm³/mol. The Kier molecular flexibility index (Phi) is 8.75. The molecule has 0 radical (unpaired) electrons. The van der Waals surface area contributed by atoms with E-state index in [1.165, 1.54) is 11.3 Å². The lowest BCUT2D eigenvalue weighted by molar-refractivity contribution is -0.139. The van der Waals surface area contributed by atoms with Crippen LogP contribution in [0.1, 0.15) is 36.6 Å². The number of halogens is 3. The molecule has 6 nitrogen and oxygen atoms in total. The summed E-state index contributed by atoms with van der Waals surface area (Å²) in [6.07, 6.45) is 1.81. The summed E-state index contributed by atoms with van der Waals surface area (Å²) in [5, 5.41) is 0.557. The number of carbonyl (C=O) groups is 1. The number of fused-ring (bicyclic) bond motifs is 1. The Labute approximate surface area is 256 Å². The van der Waals surface area contributed by atoms with E-state index in [4.69, 9.17) is 21.1 Å². The highest BCUT2D eigenvalue weighted by Gasteiger charge is 2.33. The van der Waals surface area contributed by atoms with Crippen molar-refractivity contribution in [1.29, 1.82) is 0 Å². The van der Waals surface area contributed by atoms with Crippen LogP contribution in [0.25, 0.3) is 6.08 Å². The minimum Gasteiger partial charge on any atom is -0.487 e. The fourth-order valence-electron chi connectivity index (χ4n) is 4.43. The molecule has 1 atom stereocenters. The van der Waals surface area contributed by atoms with Crippen LogP contribution in [0.15, 0.2) is 96.7 Å². The Bertz CT molecular complexity index is 1780. The fraction of sp³-hybridized carbons (Fsp3) is 0.167. The second kappa shape index (κ2) is 12.3. The first-order valence-corrected chi connectivity index (χ1v) is 15.2. The van der Waals surface area contributed by atoms with Gasteiger partial charge in [0.15, 0.2) is 4.80 Å². The number of benzene rings is 3. The molecule has 0 spiro atoms. The van der Waals surface area contributed by atoms with Crippen LogP contribution in [-0.2, 0) is 16.1 Å². The number of allylic oxidation sites excluding steroid dienone is 1. The number of esters is 1. The van der Waals surface area contributed by atoms with Crippen LogP contribution in [0.4, 0.5) is 0 Å². The minimum absolute atomic E-state index is 0.211. The van der Waals surface area contributed by atoms with E-state index in [2.05, 4.69) is 36.9 Å². The van der Waals surface area contributed by atoms with Gasteiger partial charge in [-0.15, -0.1) is 0 Å². The third-order valence-corrected chi connectivity index (χ3v) is 8.66. The quantitative estimate of drug-likeness (QED) is 0.205. The minimum atomic E-state index is -0.693. The van der Waals surface area contributed by atoms with E-state index in [-0.39, 0.29) is 12.2 Å². The summed E-state index contributed by atoms with van der Waals surface area (Å²) in [7, 11) is 0. The fourth-order valence-corrected chi connectivity index (χ4v) is 7.06. The van der Waals surface area contributed by atoms with Gasteiger partial charge in [0, 0.05) is 5.02 Å². The molecule has 0 saturated heterocycles. The number of aromatic nitrogens is 1. The molecule has 3 aromatic carbocycles. The van der Waals surface area contributed by atoms with Crippen molar-refractivity contribution in [3.05, 3.63) is 128 Å². The van der Waals surface area contributed by atoms with Crippen LogP contribution in [0.3, 0.4) is 0 Å². The van der Waals surface area contributed by atoms with Crippen molar-refractivity contribution >= 4 is 66.8 Å². The average Bonchev–Trinajstić information content (AvgIpc) is 3.22. The van der Waals surface area contributed by atoms with Crippen LogP contribution in [0, 0.1) is 0 Å². The molecule has 0 bridgehead atoms. The molecule has 0 saturated carbocycles. The van der Waals surface area contributed by atoms with Gasteiger partial charge in [-0.25, -0.2) is 9.79 Å². The molecule has 4 aromatic rings. The van der Waals surface area contributed by atoms with Crippen molar-refractivity contribution in [2.75, 3.05) is 6.61 Å². The molecule has 1 aliphatic heterocycles. The highest BCUT2D eigenvalue weighted by atomic mass is 79.9. The number of ether oxygens (including phenoxy) is 2. The van der Waals surface area contributed by atoms with E-state index < -0.39 is 12.0 Å². The van der Waals surface area contributed by atoms with Crippen molar-refractivity contribution in [3.63, 3.8) is 0 Å². The largest absolute Gasteiger partial charge is 0.487 e. The van der Waals surface area contributed by atoms with E-state index in [1.807, 2.05) is 60.7 Å². The van der Waals surface area contributed by atoms with E-state index in [1.54, 1.807) is 30.5 Å². The molecule has 10 heteroatoms. The van der Waals surface area contributed by atoms with Crippen molar-refractivity contribution < 1.29 is 14.3 Å². The van der Waals surface area contributed by atoms with Gasteiger partial charge in [0.25, 0.3) is 5.56 Å². The number of thiazole rings is 1. The number of rotatable bonds is 7. The van der Waals surface area contributed by atoms with Crippen molar-refractivity contribution in [2.24, 2.45) is 4.99 Å². The van der Waals surface area contributed by atoms with Crippen LogP contribution in [-0.4, -0.2) is 17.1 Å². The van der Waals surface area contributed by atoms with Gasteiger partial charge in [0.05, 0.1) is 37.4 Å². The number of hydrogen-bond donors (Lipinski definition) is 0. The Balaban J connectivity index is 1.56. The zero-order valence-corrected chi connectivity index (χ0v) is 26.2. The predicted octanol–water partition coefficient (Wildman–Crippen LogP) is 6.56. The van der Waals surface area contributed by atoms with Crippen LogP contribution >= 0.6 is 54.8 Å². The van der Waals surface area contributed by atoms with E-state index in [0.717, 1.165) is 25.6 Å². The van der Waals surface area contributed by atoms with Crippen LogP contribution in [0.5, 0.6) is 5.75 Å². The van der Waals surface area contributed by atoms with Crippen molar-refractivity contribution in [2.45, 2.75) is 26.5 Å². The summed E-state index contributed by atoms with van der Waals surface area (Å²) in [4.78, 5) is 32.0. The molecule has 0 amide bonds. The molecule has 1 aromatic heterocycles. The average molecular weight is 703 g/mol. The second-order valence-electron chi connectivity index (χ2n) is 8.94. The molecular formula is C30H23Br2ClN2O4S. The highest BCUT2D eigenvalue weighted by molar-refractivity contribution is 9.11. The molecule has 1 aliphatic rings. The van der Waals surface area contributed by atoms with Crippen molar-refractivity contribution in [1.82, 2.24) is 4.57 Å². The summed E-state index contributed by atoms with van der Waals surface area (Å²) >= 11 is 14.6. The van der Waals surface area contributed by atoms with E-state index >= 15 is 0 Å². The monoisotopic (exact) mass is 700 g/mol. The lowest BCUT2D eigenvalue weighted by Crippen LogP contribution is -2.39. The maximum Gasteiger partial charge on any atom is 0.338 e. The molecule has 0 fully saturated rings. The number of carbonyl (C=O) groups excluding carboxylic acids is 1. The van der Waals surface area contributed by atoms with E-state index in [0.29, 0.717) is 38.0 Å². The summed E-state index contributed by atoms with van der Waals surface area (Å²) < 4.78 is 14.9. The van der Waals surface area contributed by atoms with Gasteiger partial charge in [-0.3, -0.25) is 9.36 Å². The summed E-state index contributed by atoms with van der Waals surface area (Å²) in [6.45, 7) is 4.13. The SMILES string of the molecule is CCOC(=O)C1=C(C)N=c2s/c(=C/c3cc(Br)c(OCc4ccccc4)c(Br)c3)c(=O)n2[C@@H]1c1ccc(Cl)cc1. The lowest BCUT2D eigenvalue weighted by atomic mass is 9.96. The molecule has 5 rings (SSSR count). The smallest absolute Gasteiger partial charge is 0.338 e. The molecule has 0 unspecified atom stereocenters. The van der Waals surface area contributed by atoms with Gasteiger partial charge in [-0.05, 0) is 92.7 Å². The topological polar surface area (TPSA) is 69.9 Å². The Morgan fingerprint density at radius 2 is 1.77 bits per heavy atom. The zero-order chi connectivity index (χ0) is 28.4. The third kappa shape index (κ3) is 5.88. The van der Waals surface area contributed by atoms with Gasteiger partial charge >= 0.3 is 5.97 Å². The summed E-state index contributed by atoms with van der Waals surface area (Å²) in [5.74, 6) is 0.164. The molecular weight excluding hydrogens is 680 g/mol. The first-order chi connectivity index (χ1) is 19.3. The first-order valence-electron chi connectivity index (χ1n) is 12.4. The normalized spacial score (nSPS) is 15.0. The van der Waals surface area contributed by atoms with Gasteiger partial charge in [-0.2, -0.15) is 0 Å². The maximum atomic E-state index is 13.8. The second-order valence-corrected chi connectivity index (χ2v) is 12.1. The first kappa shape index (κ1) is 28.5. The van der Waals surface area contributed by atoms with Crippen LogP contribution in [0.2, 0.25) is 5.02 Å². The van der Waals surface area contributed by atoms with Gasteiger partial charge < -0.3 is 9.47 Å². The summed E-state index contributed by atoms with van der Waals surface area (Å²) in [6, 6.07) is 20.1. The van der Waals surface area contributed by atoms with Crippen molar-refractivity contribution in [3.8, 4) is 5.75 Å². The number of nitrogens with zero attached hydrogens (tertiary/aromatic N) is 2. The number of hydrogen-bond acceptors (Lipinski definition) is 6. The molecule has 40 heavy (non-hydrogen) atoms. The maximum absolute atomic E-state index is 13.8. The lowest BCUT2D eigenvalue weighted by Gasteiger charge is -2.24. The van der Waals surface area contributed by atoms with Gasteiger partial charge in [0.1, 0.15) is 12.4 Å². The summed E-state index contributed by atoms with van der Waals surface area (Å²) in [5.41, 5.74) is 3.17. The molecule has 204 valence electrons. The van der Waals surface area contributed by atoms with E-state index in [9.17, 15) is 9.59 Å². The Morgan fingerprint density at radius 3 is 2.42 bits per heavy atom. The Hall–Kier alpha value is -2.98. The molecule has 0 N–H and O–H groups in total. The van der Waals surface area contributed by atoms with Gasteiger partial charge in [0.2, 0.25) is 0 Å². The third-order valence-electron chi connectivity index (χ3n) is 6.25. The molecule has 2 heterocycles. The Morgan fingerprint density at radius 1 is 1.10 bits per heavy atom. The standard InChI is InChI=1S/C30H23Br2ClN2O4S/c1-3-38-29(37)25-17(2)34-30-35(26(25)20-9-11-21(33)12-10-20)28(36)24(40-30)15-19-13-22(31)27(23(32)14-19)39-16-18-7-5-4-6-8-18/h4-15,26H,3,16H2,1-2H3/b24-15+/t26-/m1/s1. The molecule has 0 aliphatic carbocycles. The highest BCUT2D eigenvalue weighted by Crippen LogP contribution is 2.36.